The smallest absolute Gasteiger partial charge is 0.264 e. The zero-order valence-electron chi connectivity index (χ0n) is 10.9. The van der Waals surface area contributed by atoms with E-state index in [0.29, 0.717) is 10.7 Å². The molecular formula is C14H12ClN3O2S. The molecule has 1 aromatic heterocycles. The number of halogens is 1. The van der Waals surface area contributed by atoms with Gasteiger partial charge >= 0.3 is 0 Å². The molecule has 7 heteroatoms. The van der Waals surface area contributed by atoms with Gasteiger partial charge in [-0.05, 0) is 49.3 Å². The lowest BCUT2D eigenvalue weighted by Gasteiger charge is -2.11. The van der Waals surface area contributed by atoms with E-state index in [0.717, 1.165) is 12.8 Å². The minimum Gasteiger partial charge on any atom is -0.494 e. The van der Waals surface area contributed by atoms with Gasteiger partial charge in [0.05, 0.1) is 11.7 Å². The Morgan fingerprint density at radius 1 is 1.38 bits per heavy atom. The van der Waals surface area contributed by atoms with Crippen molar-refractivity contribution < 1.29 is 5.11 Å². The predicted octanol–water partition coefficient (Wildman–Crippen LogP) is 2.84. The summed E-state index contributed by atoms with van der Waals surface area (Å²) < 4.78 is 1.49. The van der Waals surface area contributed by atoms with E-state index in [4.69, 9.17) is 23.8 Å². The molecule has 0 aliphatic heterocycles. The maximum Gasteiger partial charge on any atom is 0.264 e. The van der Waals surface area contributed by atoms with Crippen molar-refractivity contribution in [1.29, 1.82) is 0 Å². The van der Waals surface area contributed by atoms with Gasteiger partial charge in [0.2, 0.25) is 5.88 Å². The van der Waals surface area contributed by atoms with Gasteiger partial charge in [0, 0.05) is 11.2 Å². The first-order chi connectivity index (χ1) is 10.1. The Kier molecular flexibility index (Phi) is 3.65. The Hall–Kier alpha value is -1.92. The fourth-order valence-corrected chi connectivity index (χ4v) is 2.30. The van der Waals surface area contributed by atoms with Crippen molar-refractivity contribution in [2.75, 3.05) is 0 Å². The fraction of sp³-hybridized carbons (Fsp3) is 0.214. The Balaban J connectivity index is 2.15. The molecule has 2 aromatic rings. The van der Waals surface area contributed by atoms with E-state index >= 15 is 0 Å². The largest absolute Gasteiger partial charge is 0.494 e. The molecule has 1 aliphatic rings. The van der Waals surface area contributed by atoms with E-state index in [1.807, 2.05) is 0 Å². The minimum atomic E-state index is -0.452. The highest BCUT2D eigenvalue weighted by molar-refractivity contribution is 7.71. The van der Waals surface area contributed by atoms with E-state index in [-0.39, 0.29) is 22.3 Å². The van der Waals surface area contributed by atoms with Crippen LogP contribution in [0.4, 0.5) is 0 Å². The zero-order valence-corrected chi connectivity index (χ0v) is 12.5. The summed E-state index contributed by atoms with van der Waals surface area (Å²) in [4.78, 5) is 18.7. The van der Waals surface area contributed by atoms with Crippen LogP contribution >= 0.6 is 23.8 Å². The summed E-state index contributed by atoms with van der Waals surface area (Å²) in [5.41, 5.74) is 0.261. The van der Waals surface area contributed by atoms with E-state index < -0.39 is 5.56 Å². The number of H-pyrrole nitrogens is 1. The number of hydrogen-bond acceptors (Lipinski definition) is 4. The van der Waals surface area contributed by atoms with Crippen molar-refractivity contribution in [3.63, 3.8) is 0 Å². The molecule has 1 heterocycles. The molecule has 3 rings (SSSR count). The van der Waals surface area contributed by atoms with Crippen molar-refractivity contribution in [2.45, 2.75) is 18.9 Å². The highest BCUT2D eigenvalue weighted by Crippen LogP contribution is 2.24. The molecular weight excluding hydrogens is 310 g/mol. The van der Waals surface area contributed by atoms with Crippen LogP contribution < -0.4 is 5.56 Å². The first kappa shape index (κ1) is 14.0. The molecule has 0 atom stereocenters. The van der Waals surface area contributed by atoms with Crippen LogP contribution in [0.3, 0.4) is 0 Å². The summed E-state index contributed by atoms with van der Waals surface area (Å²) in [7, 11) is 0. The van der Waals surface area contributed by atoms with Crippen LogP contribution in [-0.2, 0) is 0 Å². The SMILES string of the molecule is O=c1[nH]c(=S)n(-c2ccc(Cl)cc2)c(O)c1C=NC1CC1. The van der Waals surface area contributed by atoms with Crippen LogP contribution in [0.5, 0.6) is 5.88 Å². The van der Waals surface area contributed by atoms with Gasteiger partial charge in [0.15, 0.2) is 4.77 Å². The molecule has 0 amide bonds. The molecule has 1 aromatic carbocycles. The number of aromatic nitrogens is 2. The Labute approximate surface area is 130 Å². The average Bonchev–Trinajstić information content (AvgIpc) is 3.24. The number of nitrogens with zero attached hydrogens (tertiary/aromatic N) is 2. The molecule has 2 N–H and O–H groups in total. The number of nitrogens with one attached hydrogen (secondary N) is 1. The third-order valence-electron chi connectivity index (χ3n) is 3.17. The number of aromatic hydroxyl groups is 1. The Bertz CT molecular complexity index is 820. The second kappa shape index (κ2) is 5.46. The van der Waals surface area contributed by atoms with Gasteiger partial charge < -0.3 is 5.11 Å². The van der Waals surface area contributed by atoms with Gasteiger partial charge in [-0.3, -0.25) is 19.3 Å². The van der Waals surface area contributed by atoms with Crippen molar-refractivity contribution in [2.24, 2.45) is 4.99 Å². The monoisotopic (exact) mass is 321 g/mol. The molecule has 0 radical (unpaired) electrons. The van der Waals surface area contributed by atoms with E-state index in [1.54, 1.807) is 24.3 Å². The van der Waals surface area contributed by atoms with Gasteiger partial charge in [0.1, 0.15) is 5.56 Å². The number of aliphatic imine (C=N–C) groups is 1. The average molecular weight is 322 g/mol. The molecule has 1 fully saturated rings. The van der Waals surface area contributed by atoms with Gasteiger partial charge in [0.25, 0.3) is 5.56 Å². The van der Waals surface area contributed by atoms with Crippen molar-refractivity contribution >= 4 is 30.0 Å². The Morgan fingerprint density at radius 2 is 2.05 bits per heavy atom. The van der Waals surface area contributed by atoms with E-state index in [1.165, 1.54) is 10.8 Å². The van der Waals surface area contributed by atoms with Crippen molar-refractivity contribution in [3.05, 3.63) is 50.0 Å². The molecule has 0 unspecified atom stereocenters. The number of hydrogen-bond donors (Lipinski definition) is 2. The van der Waals surface area contributed by atoms with Crippen molar-refractivity contribution in [3.8, 4) is 11.6 Å². The number of rotatable bonds is 3. The summed E-state index contributed by atoms with van der Waals surface area (Å²) >= 11 is 11.0. The third-order valence-corrected chi connectivity index (χ3v) is 3.70. The standard InChI is InChI=1S/C14H12ClN3O2S/c15-8-1-5-10(6-2-8)18-13(20)11(7-16-9-3-4-9)12(19)17-14(18)21/h1-2,5-7,9,20H,3-4H2,(H,17,19,21). The zero-order chi connectivity index (χ0) is 15.0. The summed E-state index contributed by atoms with van der Waals surface area (Å²) in [6.45, 7) is 0. The second-order valence-electron chi connectivity index (χ2n) is 4.82. The first-order valence-electron chi connectivity index (χ1n) is 6.43. The number of aromatic amines is 1. The highest BCUT2D eigenvalue weighted by Gasteiger charge is 2.20. The molecule has 1 saturated carbocycles. The van der Waals surface area contributed by atoms with Gasteiger partial charge in [-0.15, -0.1) is 0 Å². The number of benzene rings is 1. The van der Waals surface area contributed by atoms with E-state index in [9.17, 15) is 9.90 Å². The third kappa shape index (κ3) is 2.91. The molecule has 21 heavy (non-hydrogen) atoms. The molecule has 0 spiro atoms. The van der Waals surface area contributed by atoms with Gasteiger partial charge in [-0.25, -0.2) is 0 Å². The van der Waals surface area contributed by atoms with Gasteiger partial charge in [-0.2, -0.15) is 0 Å². The maximum atomic E-state index is 11.9. The molecule has 0 saturated heterocycles. The lowest BCUT2D eigenvalue weighted by atomic mass is 10.3. The van der Waals surface area contributed by atoms with Crippen LogP contribution in [0.2, 0.25) is 5.02 Å². The van der Waals surface area contributed by atoms with Crippen LogP contribution in [0, 0.1) is 4.77 Å². The normalized spacial score (nSPS) is 14.7. The molecule has 1 aliphatic carbocycles. The molecule has 108 valence electrons. The van der Waals surface area contributed by atoms with Crippen LogP contribution in [-0.4, -0.2) is 26.9 Å². The van der Waals surface area contributed by atoms with Crippen LogP contribution in [0.25, 0.3) is 5.69 Å². The Morgan fingerprint density at radius 3 is 2.67 bits per heavy atom. The maximum absolute atomic E-state index is 11.9. The predicted molar refractivity (Wildman–Crippen MR) is 84.5 cm³/mol. The fourth-order valence-electron chi connectivity index (χ4n) is 1.89. The van der Waals surface area contributed by atoms with Gasteiger partial charge in [-0.1, -0.05) is 11.6 Å². The molecule has 0 bridgehead atoms. The quantitative estimate of drug-likeness (QED) is 0.674. The lowest BCUT2D eigenvalue weighted by Crippen LogP contribution is -2.18. The van der Waals surface area contributed by atoms with Crippen LogP contribution in [0.15, 0.2) is 34.1 Å². The summed E-state index contributed by atoms with van der Waals surface area (Å²) in [6, 6.07) is 7.04. The first-order valence-corrected chi connectivity index (χ1v) is 7.22. The summed E-state index contributed by atoms with van der Waals surface area (Å²) in [5.74, 6) is -0.226. The topological polar surface area (TPSA) is 70.4 Å². The second-order valence-corrected chi connectivity index (χ2v) is 5.64. The lowest BCUT2D eigenvalue weighted by molar-refractivity contribution is 0.432. The minimum absolute atomic E-state index is 0.102. The van der Waals surface area contributed by atoms with Crippen LogP contribution in [0.1, 0.15) is 18.4 Å². The summed E-state index contributed by atoms with van der Waals surface area (Å²) in [6.07, 6.45) is 3.45. The van der Waals surface area contributed by atoms with E-state index in [2.05, 4.69) is 9.98 Å². The summed E-state index contributed by atoms with van der Waals surface area (Å²) in [5, 5.41) is 10.9. The van der Waals surface area contributed by atoms with Crippen molar-refractivity contribution in [1.82, 2.24) is 9.55 Å². The highest BCUT2D eigenvalue weighted by atomic mass is 35.5. The molecule has 5 nitrogen and oxygen atoms in total.